The molecule has 0 saturated heterocycles. The molecule has 2 aromatic rings. The molecule has 0 amide bonds. The van der Waals surface area contributed by atoms with E-state index < -0.39 is 0 Å². The van der Waals surface area contributed by atoms with Crippen LogP contribution in [0.5, 0.6) is 0 Å². The third-order valence-corrected chi connectivity index (χ3v) is 4.00. The predicted molar refractivity (Wildman–Crippen MR) is 81.9 cm³/mol. The Balaban J connectivity index is 2.17. The van der Waals surface area contributed by atoms with Crippen molar-refractivity contribution in [3.05, 3.63) is 46.0 Å². The van der Waals surface area contributed by atoms with Crippen LogP contribution in [-0.4, -0.2) is 16.5 Å². The quantitative estimate of drug-likeness (QED) is 0.919. The molecule has 2 heterocycles. The molecule has 1 aliphatic heterocycles. The highest BCUT2D eigenvalue weighted by molar-refractivity contribution is 6.33. The molecule has 1 aliphatic rings. The minimum absolute atomic E-state index is 0.305. The molecule has 0 radical (unpaired) electrons. The Labute approximate surface area is 128 Å². The number of fused-ring (bicyclic) bond motifs is 1. The van der Waals surface area contributed by atoms with E-state index in [0.29, 0.717) is 22.3 Å². The zero-order chi connectivity index (χ0) is 15.0. The van der Waals surface area contributed by atoms with Gasteiger partial charge in [-0.05, 0) is 24.1 Å². The van der Waals surface area contributed by atoms with Crippen molar-refractivity contribution in [3.63, 3.8) is 0 Å². The molecule has 0 spiro atoms. The van der Waals surface area contributed by atoms with Gasteiger partial charge in [-0.25, -0.2) is 14.4 Å². The summed E-state index contributed by atoms with van der Waals surface area (Å²) < 4.78 is 13.2. The molecule has 110 valence electrons. The molecule has 1 N–H and O–H groups in total. The van der Waals surface area contributed by atoms with E-state index in [0.717, 1.165) is 30.9 Å². The average Bonchev–Trinajstić information content (AvgIpc) is 2.46. The molecule has 0 saturated carbocycles. The van der Waals surface area contributed by atoms with Crippen molar-refractivity contribution in [2.45, 2.75) is 32.7 Å². The maximum atomic E-state index is 13.2. The first kappa shape index (κ1) is 14.4. The van der Waals surface area contributed by atoms with Crippen LogP contribution in [0.3, 0.4) is 0 Å². The van der Waals surface area contributed by atoms with Gasteiger partial charge in [0, 0.05) is 30.6 Å². The van der Waals surface area contributed by atoms with Gasteiger partial charge in [0.15, 0.2) is 5.82 Å². The molecular weight excluding hydrogens is 289 g/mol. The van der Waals surface area contributed by atoms with Gasteiger partial charge in [-0.15, -0.1) is 0 Å². The Hall–Kier alpha value is -1.52. The van der Waals surface area contributed by atoms with Crippen LogP contribution in [-0.2, 0) is 13.0 Å². The van der Waals surface area contributed by atoms with Crippen LogP contribution in [0.1, 0.15) is 36.7 Å². The Morgan fingerprint density at radius 1 is 1.29 bits per heavy atom. The molecule has 21 heavy (non-hydrogen) atoms. The molecule has 0 fully saturated rings. The molecule has 0 unspecified atom stereocenters. The van der Waals surface area contributed by atoms with E-state index in [2.05, 4.69) is 29.1 Å². The smallest absolute Gasteiger partial charge is 0.161 e. The van der Waals surface area contributed by atoms with Gasteiger partial charge < -0.3 is 5.32 Å². The molecule has 3 rings (SSSR count). The van der Waals surface area contributed by atoms with Gasteiger partial charge in [-0.1, -0.05) is 25.4 Å². The minimum Gasteiger partial charge on any atom is -0.312 e. The number of benzene rings is 1. The third kappa shape index (κ3) is 2.78. The van der Waals surface area contributed by atoms with Gasteiger partial charge in [0.2, 0.25) is 0 Å². The fourth-order valence-corrected chi connectivity index (χ4v) is 2.89. The number of nitrogens with zero attached hydrogens (tertiary/aromatic N) is 2. The molecule has 0 bridgehead atoms. The van der Waals surface area contributed by atoms with E-state index in [1.54, 1.807) is 6.07 Å². The largest absolute Gasteiger partial charge is 0.312 e. The van der Waals surface area contributed by atoms with Gasteiger partial charge in [0.1, 0.15) is 5.82 Å². The summed E-state index contributed by atoms with van der Waals surface area (Å²) in [7, 11) is 0. The minimum atomic E-state index is -0.352. The first-order valence-electron chi connectivity index (χ1n) is 7.12. The Kier molecular flexibility index (Phi) is 3.91. The summed E-state index contributed by atoms with van der Waals surface area (Å²) in [5, 5.41) is 3.70. The Bertz CT molecular complexity index is 685. The molecule has 1 aromatic heterocycles. The van der Waals surface area contributed by atoms with Crippen LogP contribution in [0.2, 0.25) is 5.02 Å². The summed E-state index contributed by atoms with van der Waals surface area (Å²) in [5.74, 6) is 0.541. The lowest BCUT2D eigenvalue weighted by atomic mass is 9.98. The molecule has 0 atom stereocenters. The molecule has 3 nitrogen and oxygen atoms in total. The summed E-state index contributed by atoms with van der Waals surface area (Å²) in [6, 6.07) is 4.33. The van der Waals surface area contributed by atoms with Crippen molar-refractivity contribution in [2.24, 2.45) is 0 Å². The lowest BCUT2D eigenvalue weighted by molar-refractivity contribution is 0.609. The lowest BCUT2D eigenvalue weighted by Gasteiger charge is -2.22. The number of aromatic nitrogens is 2. The van der Waals surface area contributed by atoms with Crippen LogP contribution >= 0.6 is 11.6 Å². The van der Waals surface area contributed by atoms with Gasteiger partial charge in [-0.2, -0.15) is 0 Å². The van der Waals surface area contributed by atoms with Crippen LogP contribution in [0.25, 0.3) is 11.4 Å². The van der Waals surface area contributed by atoms with E-state index in [9.17, 15) is 4.39 Å². The highest BCUT2D eigenvalue weighted by atomic mass is 35.5. The third-order valence-electron chi connectivity index (χ3n) is 3.68. The second-order valence-electron chi connectivity index (χ2n) is 5.56. The average molecular weight is 306 g/mol. The van der Waals surface area contributed by atoms with Gasteiger partial charge in [0.25, 0.3) is 0 Å². The number of hydrogen-bond donors (Lipinski definition) is 1. The van der Waals surface area contributed by atoms with Crippen molar-refractivity contribution in [1.29, 1.82) is 0 Å². The number of halogens is 2. The summed E-state index contributed by atoms with van der Waals surface area (Å²) in [6.07, 6.45) is 0.878. The van der Waals surface area contributed by atoms with Crippen molar-refractivity contribution >= 4 is 11.6 Å². The maximum Gasteiger partial charge on any atom is 0.161 e. The van der Waals surface area contributed by atoms with E-state index in [4.69, 9.17) is 11.6 Å². The van der Waals surface area contributed by atoms with Gasteiger partial charge in [-0.3, -0.25) is 0 Å². The number of nitrogens with one attached hydrogen (secondary N) is 1. The van der Waals surface area contributed by atoms with E-state index in [1.807, 2.05) is 0 Å². The fraction of sp³-hybridized carbons (Fsp3) is 0.375. The highest BCUT2D eigenvalue weighted by Gasteiger charge is 2.20. The van der Waals surface area contributed by atoms with Crippen LogP contribution in [0, 0.1) is 5.82 Å². The molecule has 0 aliphatic carbocycles. The summed E-state index contributed by atoms with van der Waals surface area (Å²) in [6.45, 7) is 5.96. The molecule has 5 heteroatoms. The first-order chi connectivity index (χ1) is 10.1. The number of rotatable bonds is 2. The van der Waals surface area contributed by atoms with Gasteiger partial charge in [0.05, 0.1) is 16.4 Å². The second-order valence-corrected chi connectivity index (χ2v) is 5.97. The van der Waals surface area contributed by atoms with Crippen molar-refractivity contribution < 1.29 is 4.39 Å². The second kappa shape index (κ2) is 5.70. The zero-order valence-electron chi connectivity index (χ0n) is 12.1. The molecule has 1 aromatic carbocycles. The van der Waals surface area contributed by atoms with E-state index in [-0.39, 0.29) is 5.82 Å². The van der Waals surface area contributed by atoms with Crippen LogP contribution in [0.15, 0.2) is 18.2 Å². The SMILES string of the molecule is CC(C)c1nc(-c2ccc(F)cc2Cl)nc2c1CNCC2. The van der Waals surface area contributed by atoms with Crippen molar-refractivity contribution in [3.8, 4) is 11.4 Å². The predicted octanol–water partition coefficient (Wildman–Crippen LogP) is 3.71. The topological polar surface area (TPSA) is 37.8 Å². The standard InChI is InChI=1S/C16H17ClFN3/c1-9(2)15-12-8-19-6-5-14(12)20-16(21-15)11-4-3-10(18)7-13(11)17/h3-4,7,9,19H,5-6,8H2,1-2H3. The first-order valence-corrected chi connectivity index (χ1v) is 7.50. The monoisotopic (exact) mass is 305 g/mol. The normalized spacial score (nSPS) is 14.3. The van der Waals surface area contributed by atoms with E-state index >= 15 is 0 Å². The molecular formula is C16H17ClFN3. The fourth-order valence-electron chi connectivity index (χ4n) is 2.64. The Morgan fingerprint density at radius 2 is 2.10 bits per heavy atom. The van der Waals surface area contributed by atoms with Crippen LogP contribution in [0.4, 0.5) is 4.39 Å². The number of hydrogen-bond acceptors (Lipinski definition) is 3. The van der Waals surface area contributed by atoms with Crippen molar-refractivity contribution in [1.82, 2.24) is 15.3 Å². The summed E-state index contributed by atoms with van der Waals surface area (Å²) in [4.78, 5) is 9.35. The maximum absolute atomic E-state index is 13.2. The summed E-state index contributed by atoms with van der Waals surface area (Å²) >= 11 is 6.15. The lowest BCUT2D eigenvalue weighted by Crippen LogP contribution is -2.27. The van der Waals surface area contributed by atoms with Crippen LogP contribution < -0.4 is 5.32 Å². The van der Waals surface area contributed by atoms with Crippen molar-refractivity contribution in [2.75, 3.05) is 6.54 Å². The zero-order valence-corrected chi connectivity index (χ0v) is 12.8. The highest BCUT2D eigenvalue weighted by Crippen LogP contribution is 2.30. The Morgan fingerprint density at radius 3 is 2.81 bits per heavy atom. The van der Waals surface area contributed by atoms with E-state index in [1.165, 1.54) is 17.7 Å². The van der Waals surface area contributed by atoms with Gasteiger partial charge >= 0.3 is 0 Å². The summed E-state index contributed by atoms with van der Waals surface area (Å²) in [5.41, 5.74) is 3.99.